The molecule has 5 rings (SSSR count). The predicted molar refractivity (Wildman–Crippen MR) is 131 cm³/mol. The molecule has 0 saturated carbocycles. The number of hydrogen-bond donors (Lipinski definition) is 0. The van der Waals surface area contributed by atoms with E-state index >= 15 is 0 Å². The normalized spacial score (nSPS) is 14.8. The van der Waals surface area contributed by atoms with Crippen LogP contribution in [0.4, 0.5) is 5.82 Å². The van der Waals surface area contributed by atoms with Gasteiger partial charge in [0.05, 0.1) is 43.3 Å². The molecule has 2 aromatic heterocycles. The number of methoxy groups -OCH3 is 3. The zero-order valence-corrected chi connectivity index (χ0v) is 20.3. The van der Waals surface area contributed by atoms with Gasteiger partial charge in [0.1, 0.15) is 11.4 Å². The fourth-order valence-electron chi connectivity index (χ4n) is 4.27. The molecule has 0 fully saturated rings. The number of aromatic nitrogens is 1. The highest BCUT2D eigenvalue weighted by Crippen LogP contribution is 2.46. The summed E-state index contributed by atoms with van der Waals surface area (Å²) in [4.78, 5) is 33.1. The molecule has 0 aliphatic carbocycles. The van der Waals surface area contributed by atoms with E-state index < -0.39 is 11.9 Å². The van der Waals surface area contributed by atoms with Gasteiger partial charge in [-0.1, -0.05) is 23.2 Å². The molecule has 8 nitrogen and oxygen atoms in total. The summed E-state index contributed by atoms with van der Waals surface area (Å²) in [6.45, 7) is 0. The fourth-order valence-corrected chi connectivity index (χ4v) is 4.55. The average molecular weight is 513 g/mol. The van der Waals surface area contributed by atoms with Gasteiger partial charge >= 0.3 is 0 Å². The van der Waals surface area contributed by atoms with Crippen LogP contribution < -0.4 is 24.5 Å². The molecule has 1 amide bonds. The molecular formula is C25H18Cl2N2O6. The van der Waals surface area contributed by atoms with Crippen LogP contribution in [-0.2, 0) is 0 Å². The van der Waals surface area contributed by atoms with E-state index in [4.69, 9.17) is 41.8 Å². The Morgan fingerprint density at radius 3 is 2.20 bits per heavy atom. The van der Waals surface area contributed by atoms with E-state index in [1.807, 2.05) is 0 Å². The number of carbonyl (C=O) groups excluding carboxylic acids is 1. The van der Waals surface area contributed by atoms with Gasteiger partial charge in [0, 0.05) is 11.2 Å². The van der Waals surface area contributed by atoms with Crippen molar-refractivity contribution in [1.82, 2.24) is 4.98 Å². The van der Waals surface area contributed by atoms with Crippen molar-refractivity contribution < 1.29 is 23.4 Å². The highest BCUT2D eigenvalue weighted by Gasteiger charge is 2.45. The van der Waals surface area contributed by atoms with Crippen molar-refractivity contribution in [3.8, 4) is 17.2 Å². The van der Waals surface area contributed by atoms with Crippen molar-refractivity contribution in [1.29, 1.82) is 0 Å². The standard InChI is InChI=1S/C25H18Cl2N2O6/c1-32-17-8-12(9-18(33-2)23(17)34-3)21-20-22(30)15-10-13(26)4-6-16(15)35-24(20)25(31)29(21)19-7-5-14(27)11-28-19/h4-11,21H,1-3H3. The molecule has 1 aliphatic heterocycles. The summed E-state index contributed by atoms with van der Waals surface area (Å²) >= 11 is 12.2. The number of pyridine rings is 1. The highest BCUT2D eigenvalue weighted by atomic mass is 35.5. The Hall–Kier alpha value is -3.75. The van der Waals surface area contributed by atoms with Crippen LogP contribution >= 0.6 is 23.2 Å². The van der Waals surface area contributed by atoms with Gasteiger partial charge in [-0.05, 0) is 48.0 Å². The Morgan fingerprint density at radius 1 is 0.914 bits per heavy atom. The Bertz CT molecular complexity index is 1510. The number of rotatable bonds is 5. The van der Waals surface area contributed by atoms with E-state index in [0.717, 1.165) is 0 Å². The summed E-state index contributed by atoms with van der Waals surface area (Å²) in [5.74, 6) is 0.769. The van der Waals surface area contributed by atoms with Gasteiger partial charge in [0.25, 0.3) is 5.91 Å². The maximum absolute atomic E-state index is 13.7. The molecule has 35 heavy (non-hydrogen) atoms. The number of benzene rings is 2. The number of halogens is 2. The molecule has 0 spiro atoms. The second-order valence-corrected chi connectivity index (χ2v) is 8.56. The van der Waals surface area contributed by atoms with Crippen molar-refractivity contribution in [2.24, 2.45) is 0 Å². The van der Waals surface area contributed by atoms with Gasteiger partial charge in [-0.2, -0.15) is 0 Å². The van der Waals surface area contributed by atoms with Crippen molar-refractivity contribution >= 4 is 45.9 Å². The summed E-state index contributed by atoms with van der Waals surface area (Å²) in [7, 11) is 4.46. The average Bonchev–Trinajstić information content (AvgIpc) is 3.16. The van der Waals surface area contributed by atoms with Crippen LogP contribution in [0.1, 0.15) is 27.7 Å². The van der Waals surface area contributed by atoms with Crippen molar-refractivity contribution in [3.63, 3.8) is 0 Å². The highest BCUT2D eigenvalue weighted by molar-refractivity contribution is 6.31. The van der Waals surface area contributed by atoms with Crippen LogP contribution in [0.2, 0.25) is 10.0 Å². The summed E-state index contributed by atoms with van der Waals surface area (Å²) < 4.78 is 22.4. The number of amides is 1. The lowest BCUT2D eigenvalue weighted by Crippen LogP contribution is -2.30. The molecular weight excluding hydrogens is 495 g/mol. The molecule has 4 aromatic rings. The SMILES string of the molecule is COc1cc(C2c3c(oc4ccc(Cl)cc4c3=O)C(=O)N2c2ccc(Cl)cn2)cc(OC)c1OC. The molecule has 1 aliphatic rings. The summed E-state index contributed by atoms with van der Waals surface area (Å²) in [6.07, 6.45) is 1.42. The number of nitrogens with zero attached hydrogens (tertiary/aromatic N) is 2. The molecule has 2 aromatic carbocycles. The first kappa shape index (κ1) is 23.0. The van der Waals surface area contributed by atoms with E-state index in [1.54, 1.807) is 36.4 Å². The first-order valence-corrected chi connectivity index (χ1v) is 11.1. The largest absolute Gasteiger partial charge is 0.493 e. The fraction of sp³-hybridized carbons (Fsp3) is 0.160. The zero-order chi connectivity index (χ0) is 24.9. The molecule has 0 N–H and O–H groups in total. The summed E-state index contributed by atoms with van der Waals surface area (Å²) in [6, 6.07) is 10.3. The van der Waals surface area contributed by atoms with E-state index in [9.17, 15) is 9.59 Å². The number of ether oxygens (including phenoxy) is 3. The van der Waals surface area contributed by atoms with Crippen LogP contribution in [0.25, 0.3) is 11.0 Å². The van der Waals surface area contributed by atoms with E-state index in [-0.39, 0.29) is 33.5 Å². The maximum Gasteiger partial charge on any atom is 0.296 e. The number of hydrogen-bond acceptors (Lipinski definition) is 7. The summed E-state index contributed by atoms with van der Waals surface area (Å²) in [5, 5.41) is 1.03. The molecule has 3 heterocycles. The smallest absolute Gasteiger partial charge is 0.296 e. The molecule has 178 valence electrons. The molecule has 1 atom stereocenters. The quantitative estimate of drug-likeness (QED) is 0.359. The Morgan fingerprint density at radius 2 is 1.60 bits per heavy atom. The number of fused-ring (bicyclic) bond motifs is 2. The van der Waals surface area contributed by atoms with Crippen molar-refractivity contribution in [2.75, 3.05) is 26.2 Å². The van der Waals surface area contributed by atoms with Crippen LogP contribution in [-0.4, -0.2) is 32.2 Å². The minimum absolute atomic E-state index is 0.0830. The lowest BCUT2D eigenvalue weighted by molar-refractivity contribution is 0.0970. The van der Waals surface area contributed by atoms with Gasteiger partial charge < -0.3 is 18.6 Å². The second kappa shape index (κ2) is 8.79. The van der Waals surface area contributed by atoms with E-state index in [2.05, 4.69) is 4.98 Å². The minimum atomic E-state index is -0.903. The molecule has 0 radical (unpaired) electrons. The third-order valence-electron chi connectivity index (χ3n) is 5.79. The minimum Gasteiger partial charge on any atom is -0.493 e. The predicted octanol–water partition coefficient (Wildman–Crippen LogP) is 5.27. The number of anilines is 1. The lowest BCUT2D eigenvalue weighted by atomic mass is 9.97. The number of carbonyl (C=O) groups is 1. The maximum atomic E-state index is 13.7. The van der Waals surface area contributed by atoms with E-state index in [1.165, 1.54) is 38.5 Å². The van der Waals surface area contributed by atoms with E-state index in [0.29, 0.717) is 32.9 Å². The Labute approximate surface area is 209 Å². The third-order valence-corrected chi connectivity index (χ3v) is 6.25. The first-order valence-electron chi connectivity index (χ1n) is 10.4. The third kappa shape index (κ3) is 3.66. The van der Waals surface area contributed by atoms with Crippen LogP contribution in [0, 0.1) is 0 Å². The summed E-state index contributed by atoms with van der Waals surface area (Å²) in [5.41, 5.74) is 0.543. The molecule has 0 saturated heterocycles. The Kier molecular flexibility index (Phi) is 5.78. The van der Waals surface area contributed by atoms with Crippen LogP contribution in [0.15, 0.2) is 57.9 Å². The van der Waals surface area contributed by atoms with Crippen molar-refractivity contribution in [3.05, 3.63) is 85.8 Å². The lowest BCUT2D eigenvalue weighted by Gasteiger charge is -2.25. The Balaban J connectivity index is 1.84. The molecule has 10 heteroatoms. The van der Waals surface area contributed by atoms with Gasteiger partial charge in [0.2, 0.25) is 11.5 Å². The van der Waals surface area contributed by atoms with Gasteiger partial charge in [-0.15, -0.1) is 0 Å². The van der Waals surface area contributed by atoms with Gasteiger partial charge in [0.15, 0.2) is 16.9 Å². The van der Waals surface area contributed by atoms with Gasteiger partial charge in [-0.25, -0.2) is 4.98 Å². The molecule has 1 unspecified atom stereocenters. The van der Waals surface area contributed by atoms with Crippen molar-refractivity contribution in [2.45, 2.75) is 6.04 Å². The van der Waals surface area contributed by atoms with Gasteiger partial charge in [-0.3, -0.25) is 14.5 Å². The first-order chi connectivity index (χ1) is 16.9. The van der Waals surface area contributed by atoms with Crippen LogP contribution in [0.5, 0.6) is 17.2 Å². The second-order valence-electron chi connectivity index (χ2n) is 7.69. The monoisotopic (exact) mass is 512 g/mol. The molecule has 0 bridgehead atoms. The topological polar surface area (TPSA) is 91.1 Å². The zero-order valence-electron chi connectivity index (χ0n) is 18.8. The van der Waals surface area contributed by atoms with Crippen LogP contribution in [0.3, 0.4) is 0 Å².